The zero-order valence-electron chi connectivity index (χ0n) is 13.7. The number of anilines is 2. The fraction of sp³-hybridized carbons (Fsp3) is 0.176. The summed E-state index contributed by atoms with van der Waals surface area (Å²) in [6.07, 6.45) is 0. The molecule has 10 nitrogen and oxygen atoms in total. The maximum Gasteiger partial charge on any atom is 0.289 e. The number of nitrogens with one attached hydrogen (secondary N) is 2. The lowest BCUT2D eigenvalue weighted by Crippen LogP contribution is -2.35. The van der Waals surface area contributed by atoms with Gasteiger partial charge in [0.15, 0.2) is 0 Å². The number of carbonyl (C=O) groups excluding carboxylic acids is 3. The van der Waals surface area contributed by atoms with Crippen molar-refractivity contribution in [3.8, 4) is 5.69 Å². The Balaban J connectivity index is 1.73. The van der Waals surface area contributed by atoms with E-state index < -0.39 is 29.1 Å². The number of hydrogen-bond acceptors (Lipinski definition) is 7. The van der Waals surface area contributed by atoms with E-state index in [2.05, 4.69) is 10.6 Å². The highest BCUT2D eigenvalue weighted by Crippen LogP contribution is 2.43. The number of fused-ring (bicyclic) bond motifs is 3. The number of aromatic nitrogens is 1. The van der Waals surface area contributed by atoms with Gasteiger partial charge in [-0.15, -0.1) is 0 Å². The van der Waals surface area contributed by atoms with E-state index >= 15 is 0 Å². The molecule has 0 aliphatic carbocycles. The summed E-state index contributed by atoms with van der Waals surface area (Å²) < 4.78 is 12.2. The third-order valence-electron chi connectivity index (χ3n) is 4.81. The van der Waals surface area contributed by atoms with Crippen LogP contribution >= 0.6 is 0 Å². The van der Waals surface area contributed by atoms with E-state index in [0.717, 1.165) is 10.6 Å². The third-order valence-corrected chi connectivity index (χ3v) is 4.81. The minimum atomic E-state index is -1.56. The Morgan fingerprint density at radius 2 is 1.74 bits per heavy atom. The zero-order chi connectivity index (χ0) is 18.9. The second-order valence-electron chi connectivity index (χ2n) is 6.27. The molecule has 1 saturated heterocycles. The SMILES string of the molecule is Nc1c2c(cc(=O)n1-c1ccc3c(c1)C1(OCCO1)C(=O)N3)C(=O)NC2=O. The normalized spacial score (nSPS) is 19.2. The molecular formula is C17H12N4O6. The number of carbonyl (C=O) groups is 3. The molecule has 1 aromatic carbocycles. The molecule has 0 unspecified atom stereocenters. The third kappa shape index (κ3) is 1.90. The van der Waals surface area contributed by atoms with Gasteiger partial charge in [0.1, 0.15) is 5.82 Å². The minimum absolute atomic E-state index is 0.0580. The second-order valence-corrected chi connectivity index (χ2v) is 6.27. The molecule has 3 amide bonds. The van der Waals surface area contributed by atoms with Gasteiger partial charge in [0.25, 0.3) is 29.1 Å². The smallest absolute Gasteiger partial charge is 0.289 e. The number of nitrogens with two attached hydrogens (primary N) is 1. The zero-order valence-corrected chi connectivity index (χ0v) is 13.7. The van der Waals surface area contributed by atoms with E-state index in [4.69, 9.17) is 15.2 Å². The quantitative estimate of drug-likeness (QED) is 0.574. The fourth-order valence-electron chi connectivity index (χ4n) is 3.62. The van der Waals surface area contributed by atoms with Crippen LogP contribution in [0.3, 0.4) is 0 Å². The van der Waals surface area contributed by atoms with Gasteiger partial charge in [0, 0.05) is 11.6 Å². The van der Waals surface area contributed by atoms with Gasteiger partial charge in [0.05, 0.1) is 35.7 Å². The van der Waals surface area contributed by atoms with Crippen molar-refractivity contribution in [3.63, 3.8) is 0 Å². The van der Waals surface area contributed by atoms with Crippen LogP contribution in [0.1, 0.15) is 26.3 Å². The Kier molecular flexibility index (Phi) is 2.93. The highest BCUT2D eigenvalue weighted by molar-refractivity contribution is 6.23. The molecule has 3 aliphatic rings. The largest absolute Gasteiger partial charge is 0.384 e. The molecule has 1 fully saturated rings. The number of nitrogens with zero attached hydrogens (tertiary/aromatic N) is 1. The van der Waals surface area contributed by atoms with Crippen molar-refractivity contribution < 1.29 is 23.9 Å². The van der Waals surface area contributed by atoms with Gasteiger partial charge in [-0.05, 0) is 18.2 Å². The van der Waals surface area contributed by atoms with Gasteiger partial charge >= 0.3 is 0 Å². The summed E-state index contributed by atoms with van der Waals surface area (Å²) in [6.45, 7) is 0.501. The van der Waals surface area contributed by atoms with Crippen LogP contribution in [0.2, 0.25) is 0 Å². The Morgan fingerprint density at radius 1 is 1.00 bits per heavy atom. The molecule has 3 aliphatic heterocycles. The first kappa shape index (κ1) is 15.7. The maximum atomic E-state index is 12.6. The van der Waals surface area contributed by atoms with Crippen molar-refractivity contribution in [1.82, 2.24) is 9.88 Å². The Bertz CT molecular complexity index is 1130. The van der Waals surface area contributed by atoms with Crippen molar-refractivity contribution >= 4 is 29.2 Å². The Labute approximate surface area is 150 Å². The number of nitrogen functional groups attached to an aromatic ring is 1. The summed E-state index contributed by atoms with van der Waals surface area (Å²) in [5.41, 5.74) is 6.55. The topological polar surface area (TPSA) is 142 Å². The van der Waals surface area contributed by atoms with E-state index in [9.17, 15) is 19.2 Å². The van der Waals surface area contributed by atoms with Gasteiger partial charge in [-0.1, -0.05) is 0 Å². The van der Waals surface area contributed by atoms with Crippen LogP contribution in [0.25, 0.3) is 5.69 Å². The fourth-order valence-corrected chi connectivity index (χ4v) is 3.62. The van der Waals surface area contributed by atoms with Gasteiger partial charge in [-0.25, -0.2) is 0 Å². The van der Waals surface area contributed by atoms with Gasteiger partial charge in [0.2, 0.25) is 0 Å². The number of pyridine rings is 1. The van der Waals surface area contributed by atoms with Crippen LogP contribution < -0.4 is 21.9 Å². The predicted molar refractivity (Wildman–Crippen MR) is 90.5 cm³/mol. The van der Waals surface area contributed by atoms with Crippen LogP contribution in [-0.4, -0.2) is 35.5 Å². The van der Waals surface area contributed by atoms with Crippen molar-refractivity contribution in [1.29, 1.82) is 0 Å². The average molecular weight is 368 g/mol. The highest BCUT2D eigenvalue weighted by Gasteiger charge is 2.52. The van der Waals surface area contributed by atoms with Crippen LogP contribution in [0.15, 0.2) is 29.1 Å². The van der Waals surface area contributed by atoms with Crippen LogP contribution in [0, 0.1) is 0 Å². The minimum Gasteiger partial charge on any atom is -0.384 e. The molecule has 10 heteroatoms. The van der Waals surface area contributed by atoms with Crippen LogP contribution in [-0.2, 0) is 20.1 Å². The van der Waals surface area contributed by atoms with E-state index in [1.54, 1.807) is 12.1 Å². The van der Waals surface area contributed by atoms with Crippen LogP contribution in [0.5, 0.6) is 0 Å². The molecule has 4 N–H and O–H groups in total. The highest BCUT2D eigenvalue weighted by atomic mass is 16.7. The van der Waals surface area contributed by atoms with Gasteiger partial charge in [-0.3, -0.25) is 29.1 Å². The average Bonchev–Trinajstić information content (AvgIpc) is 3.29. The molecule has 2 aromatic rings. The molecule has 1 spiro atoms. The summed E-state index contributed by atoms with van der Waals surface area (Å²) in [5, 5.41) is 4.79. The molecule has 27 heavy (non-hydrogen) atoms. The standard InChI is InChI=1S/C17H12N4O6/c18-13-12-8(14(23)20-15(12)24)6-11(22)21(13)7-1-2-10-9(5-7)17(16(25)19-10)26-3-4-27-17/h1-2,5-6H,3-4,18H2,(H,19,25)(H,20,23,24). The lowest BCUT2D eigenvalue weighted by molar-refractivity contribution is -0.178. The molecule has 5 rings (SSSR count). The number of imide groups is 1. The van der Waals surface area contributed by atoms with E-state index in [1.165, 1.54) is 6.07 Å². The molecule has 0 atom stereocenters. The first-order chi connectivity index (χ1) is 12.9. The molecule has 4 heterocycles. The van der Waals surface area contributed by atoms with Crippen LogP contribution in [0.4, 0.5) is 11.5 Å². The Morgan fingerprint density at radius 3 is 2.48 bits per heavy atom. The number of amides is 3. The molecular weight excluding hydrogens is 356 g/mol. The summed E-state index contributed by atoms with van der Waals surface area (Å²) in [6, 6.07) is 5.75. The van der Waals surface area contributed by atoms with Crippen molar-refractivity contribution in [3.05, 3.63) is 51.3 Å². The first-order valence-corrected chi connectivity index (χ1v) is 8.08. The molecule has 0 bridgehead atoms. The number of ether oxygens (including phenoxy) is 2. The van der Waals surface area contributed by atoms with E-state index in [-0.39, 0.29) is 30.2 Å². The number of benzene rings is 1. The summed E-state index contributed by atoms with van der Waals surface area (Å²) in [7, 11) is 0. The van der Waals surface area contributed by atoms with Gasteiger partial charge < -0.3 is 20.5 Å². The molecule has 0 saturated carbocycles. The van der Waals surface area contributed by atoms with Crippen molar-refractivity contribution in [2.75, 3.05) is 24.3 Å². The van der Waals surface area contributed by atoms with E-state index in [0.29, 0.717) is 16.9 Å². The molecule has 0 radical (unpaired) electrons. The Hall–Kier alpha value is -3.50. The number of rotatable bonds is 1. The maximum absolute atomic E-state index is 12.6. The predicted octanol–water partition coefficient (Wildman–Crippen LogP) is -0.545. The summed E-state index contributed by atoms with van der Waals surface area (Å²) in [4.78, 5) is 48.7. The van der Waals surface area contributed by atoms with Crippen molar-refractivity contribution in [2.45, 2.75) is 5.79 Å². The van der Waals surface area contributed by atoms with Gasteiger partial charge in [-0.2, -0.15) is 0 Å². The lowest BCUT2D eigenvalue weighted by Gasteiger charge is -2.20. The van der Waals surface area contributed by atoms with Crippen molar-refractivity contribution in [2.24, 2.45) is 0 Å². The van der Waals surface area contributed by atoms with E-state index in [1.807, 2.05) is 0 Å². The lowest BCUT2D eigenvalue weighted by atomic mass is 10.1. The second kappa shape index (κ2) is 5.02. The monoisotopic (exact) mass is 368 g/mol. The summed E-state index contributed by atoms with van der Waals surface area (Å²) in [5.74, 6) is -3.51. The number of hydrogen-bond donors (Lipinski definition) is 3. The molecule has 136 valence electrons. The first-order valence-electron chi connectivity index (χ1n) is 8.08. The summed E-state index contributed by atoms with van der Waals surface area (Å²) >= 11 is 0. The molecule has 1 aromatic heterocycles.